The van der Waals surface area contributed by atoms with Gasteiger partial charge in [0.05, 0.1) is 0 Å². The highest BCUT2D eigenvalue weighted by atomic mass is 79.9. The molecule has 0 aromatic heterocycles. The van der Waals surface area contributed by atoms with Crippen LogP contribution < -0.4 is 5.32 Å². The van der Waals surface area contributed by atoms with Gasteiger partial charge in [0.15, 0.2) is 0 Å². The second-order valence-electron chi connectivity index (χ2n) is 6.82. The maximum absolute atomic E-state index is 3.89. The smallest absolute Gasteiger partial charge is 0.0321 e. The van der Waals surface area contributed by atoms with Gasteiger partial charge in [0.25, 0.3) is 0 Å². The predicted molar refractivity (Wildman–Crippen MR) is 92.6 cm³/mol. The lowest BCUT2D eigenvalue weighted by molar-refractivity contribution is 0.134. The maximum atomic E-state index is 3.89. The first-order valence-electron chi connectivity index (χ1n) is 8.43. The van der Waals surface area contributed by atoms with E-state index >= 15 is 0 Å². The third-order valence-electron chi connectivity index (χ3n) is 5.32. The fraction of sp³-hybridized carbons (Fsp3) is 0.667. The summed E-state index contributed by atoms with van der Waals surface area (Å²) in [6.07, 6.45) is 8.19. The Labute approximate surface area is 137 Å². The Balaban J connectivity index is 1.76. The Morgan fingerprint density at radius 1 is 1.19 bits per heavy atom. The van der Waals surface area contributed by atoms with Crippen LogP contribution >= 0.6 is 15.9 Å². The molecule has 1 aliphatic heterocycles. The molecule has 1 unspecified atom stereocenters. The number of benzene rings is 1. The summed E-state index contributed by atoms with van der Waals surface area (Å²) in [4.78, 5) is 2.70. The molecule has 21 heavy (non-hydrogen) atoms. The maximum Gasteiger partial charge on any atom is 0.0321 e. The predicted octanol–water partition coefficient (Wildman–Crippen LogP) is 4.51. The average molecular weight is 351 g/mol. The number of rotatable bonds is 2. The van der Waals surface area contributed by atoms with Crippen molar-refractivity contribution < 1.29 is 0 Å². The summed E-state index contributed by atoms with van der Waals surface area (Å²) in [5.74, 6) is 0. The summed E-state index contributed by atoms with van der Waals surface area (Å²) in [6.45, 7) is 5.97. The van der Waals surface area contributed by atoms with Gasteiger partial charge in [-0.05, 0) is 50.4 Å². The molecule has 1 saturated carbocycles. The molecule has 0 radical (unpaired) electrons. The Hall–Kier alpha value is -0.380. The number of hydrogen-bond donors (Lipinski definition) is 1. The Morgan fingerprint density at radius 3 is 2.76 bits per heavy atom. The number of nitrogens with zero attached hydrogens (tertiary/aromatic N) is 1. The van der Waals surface area contributed by atoms with Gasteiger partial charge in [0.1, 0.15) is 0 Å². The minimum atomic E-state index is 0.384. The lowest BCUT2D eigenvalue weighted by Gasteiger charge is -2.41. The van der Waals surface area contributed by atoms with E-state index in [2.05, 4.69) is 57.3 Å². The average Bonchev–Trinajstić information content (AvgIpc) is 2.70. The second kappa shape index (κ2) is 6.80. The van der Waals surface area contributed by atoms with Crippen LogP contribution in [0.3, 0.4) is 0 Å². The molecule has 1 atom stereocenters. The van der Waals surface area contributed by atoms with Crippen molar-refractivity contribution in [1.82, 2.24) is 10.2 Å². The molecule has 1 saturated heterocycles. The summed E-state index contributed by atoms with van der Waals surface area (Å²) in [7, 11) is 0. The Kier molecular flexibility index (Phi) is 5.03. The van der Waals surface area contributed by atoms with Gasteiger partial charge >= 0.3 is 0 Å². The summed E-state index contributed by atoms with van der Waals surface area (Å²) in [6, 6.07) is 9.31. The van der Waals surface area contributed by atoms with Crippen molar-refractivity contribution >= 4 is 15.9 Å². The normalized spacial score (nSPS) is 24.7. The first-order chi connectivity index (χ1) is 10.2. The molecular weight excluding hydrogens is 324 g/mol. The molecule has 1 heterocycles. The summed E-state index contributed by atoms with van der Waals surface area (Å²) < 4.78 is 1.19. The summed E-state index contributed by atoms with van der Waals surface area (Å²) in [5.41, 5.74) is 1.81. The van der Waals surface area contributed by atoms with Crippen molar-refractivity contribution in [2.24, 2.45) is 0 Å². The van der Waals surface area contributed by atoms with Crippen molar-refractivity contribution in [3.63, 3.8) is 0 Å². The minimum Gasteiger partial charge on any atom is -0.310 e. The van der Waals surface area contributed by atoms with E-state index in [4.69, 9.17) is 0 Å². The van der Waals surface area contributed by atoms with Gasteiger partial charge in [-0.1, -0.05) is 47.3 Å². The van der Waals surface area contributed by atoms with E-state index in [9.17, 15) is 0 Å². The molecular formula is C18H27BrN2. The molecule has 116 valence electrons. The number of hydrogen-bond acceptors (Lipinski definition) is 2. The van der Waals surface area contributed by atoms with Crippen molar-refractivity contribution in [1.29, 1.82) is 0 Å². The quantitative estimate of drug-likeness (QED) is 0.843. The van der Waals surface area contributed by atoms with Crippen molar-refractivity contribution in [3.8, 4) is 0 Å². The molecule has 1 N–H and O–H groups in total. The molecule has 1 spiro atoms. The van der Waals surface area contributed by atoms with Crippen LogP contribution in [0.2, 0.25) is 0 Å². The highest BCUT2D eigenvalue weighted by molar-refractivity contribution is 9.10. The van der Waals surface area contributed by atoms with E-state index in [1.54, 1.807) is 0 Å². The fourth-order valence-corrected chi connectivity index (χ4v) is 4.45. The number of nitrogens with one attached hydrogen (secondary N) is 1. The molecule has 2 fully saturated rings. The van der Waals surface area contributed by atoms with Gasteiger partial charge in [-0.2, -0.15) is 0 Å². The standard InChI is InChI=1S/C18H27BrN2/c1-15(16-7-5-8-17(19)13-16)21-12-6-11-20-18(14-21)9-3-2-4-10-18/h5,7-8,13,15,20H,2-4,6,9-12,14H2,1H3. The lowest BCUT2D eigenvalue weighted by Crippen LogP contribution is -2.52. The zero-order chi connectivity index (χ0) is 14.7. The van der Waals surface area contributed by atoms with E-state index in [0.717, 1.165) is 0 Å². The second-order valence-corrected chi connectivity index (χ2v) is 7.74. The zero-order valence-electron chi connectivity index (χ0n) is 13.1. The van der Waals surface area contributed by atoms with Crippen LogP contribution in [0, 0.1) is 0 Å². The van der Waals surface area contributed by atoms with Crippen LogP contribution in [-0.2, 0) is 0 Å². The molecule has 0 bridgehead atoms. The molecule has 1 aromatic rings. The van der Waals surface area contributed by atoms with Crippen LogP contribution in [0.25, 0.3) is 0 Å². The van der Waals surface area contributed by atoms with Crippen LogP contribution in [0.1, 0.15) is 57.1 Å². The highest BCUT2D eigenvalue weighted by Crippen LogP contribution is 2.33. The van der Waals surface area contributed by atoms with Gasteiger partial charge in [-0.25, -0.2) is 0 Å². The molecule has 1 aliphatic carbocycles. The largest absolute Gasteiger partial charge is 0.310 e. The van der Waals surface area contributed by atoms with E-state index < -0.39 is 0 Å². The monoisotopic (exact) mass is 350 g/mol. The molecule has 3 rings (SSSR count). The molecule has 0 amide bonds. The van der Waals surface area contributed by atoms with Gasteiger partial charge in [0.2, 0.25) is 0 Å². The Morgan fingerprint density at radius 2 is 2.00 bits per heavy atom. The highest BCUT2D eigenvalue weighted by Gasteiger charge is 2.36. The van der Waals surface area contributed by atoms with Crippen molar-refractivity contribution in [3.05, 3.63) is 34.3 Å². The van der Waals surface area contributed by atoms with Crippen molar-refractivity contribution in [2.75, 3.05) is 19.6 Å². The van der Waals surface area contributed by atoms with E-state index in [1.807, 2.05) is 0 Å². The molecule has 2 nitrogen and oxygen atoms in total. The van der Waals surface area contributed by atoms with Crippen molar-refractivity contribution in [2.45, 2.75) is 57.0 Å². The van der Waals surface area contributed by atoms with Crippen LogP contribution in [0.4, 0.5) is 0 Å². The van der Waals surface area contributed by atoms with Crippen LogP contribution in [0.15, 0.2) is 28.7 Å². The van der Waals surface area contributed by atoms with Gasteiger partial charge < -0.3 is 5.32 Å². The first kappa shape index (κ1) is 15.5. The molecule has 1 aromatic carbocycles. The molecule has 2 aliphatic rings. The lowest BCUT2D eigenvalue weighted by atomic mass is 9.81. The van der Waals surface area contributed by atoms with E-state index in [1.165, 1.54) is 68.2 Å². The van der Waals surface area contributed by atoms with E-state index in [0.29, 0.717) is 11.6 Å². The fourth-order valence-electron chi connectivity index (χ4n) is 4.03. The minimum absolute atomic E-state index is 0.384. The summed E-state index contributed by atoms with van der Waals surface area (Å²) in [5, 5.41) is 3.89. The number of halogens is 1. The topological polar surface area (TPSA) is 15.3 Å². The molecule has 3 heteroatoms. The summed E-state index contributed by atoms with van der Waals surface area (Å²) >= 11 is 3.61. The van der Waals surface area contributed by atoms with Gasteiger partial charge in [-0.15, -0.1) is 0 Å². The first-order valence-corrected chi connectivity index (χ1v) is 9.22. The van der Waals surface area contributed by atoms with Gasteiger partial charge in [-0.3, -0.25) is 4.90 Å². The SMILES string of the molecule is CC(c1cccc(Br)c1)N1CCCNC2(CCCCC2)C1. The van der Waals surface area contributed by atoms with Gasteiger partial charge in [0, 0.05) is 29.1 Å². The van der Waals surface area contributed by atoms with Crippen LogP contribution in [0.5, 0.6) is 0 Å². The van der Waals surface area contributed by atoms with Crippen LogP contribution in [-0.4, -0.2) is 30.1 Å². The Bertz CT molecular complexity index is 468. The zero-order valence-corrected chi connectivity index (χ0v) is 14.7. The third kappa shape index (κ3) is 3.69. The third-order valence-corrected chi connectivity index (χ3v) is 5.81. The van der Waals surface area contributed by atoms with E-state index in [-0.39, 0.29) is 0 Å².